The van der Waals surface area contributed by atoms with Gasteiger partial charge in [-0.05, 0) is 72.9 Å². The summed E-state index contributed by atoms with van der Waals surface area (Å²) >= 11 is 0. The summed E-state index contributed by atoms with van der Waals surface area (Å²) in [6.07, 6.45) is 3.69. The highest BCUT2D eigenvalue weighted by Crippen LogP contribution is 2.43. The number of fused-ring (bicyclic) bond motifs is 1. The second kappa shape index (κ2) is 10.8. The lowest BCUT2D eigenvalue weighted by Gasteiger charge is -2.18. The minimum atomic E-state index is -0.398. The van der Waals surface area contributed by atoms with Crippen LogP contribution in [0.1, 0.15) is 58.4 Å². The van der Waals surface area contributed by atoms with Crippen LogP contribution in [0.5, 0.6) is 0 Å². The monoisotopic (exact) mass is 551 g/mol. The molecular formula is C31H30FN7O2. The molecule has 41 heavy (non-hydrogen) atoms. The van der Waals surface area contributed by atoms with Gasteiger partial charge in [0.25, 0.3) is 5.91 Å². The van der Waals surface area contributed by atoms with Gasteiger partial charge in [-0.3, -0.25) is 9.69 Å². The molecule has 0 spiro atoms. The third-order valence-corrected chi connectivity index (χ3v) is 7.73. The first-order valence-corrected chi connectivity index (χ1v) is 13.6. The second-order valence-corrected chi connectivity index (χ2v) is 10.7. The second-order valence-electron chi connectivity index (χ2n) is 10.7. The summed E-state index contributed by atoms with van der Waals surface area (Å²) in [5.74, 6) is 0.744. The van der Waals surface area contributed by atoms with Crippen LogP contribution in [0.15, 0.2) is 48.8 Å². The molecule has 0 bridgehead atoms. The van der Waals surface area contributed by atoms with Gasteiger partial charge >= 0.3 is 0 Å². The molecule has 3 heterocycles. The lowest BCUT2D eigenvalue weighted by atomic mass is 9.96. The molecule has 4 aromatic rings. The van der Waals surface area contributed by atoms with Gasteiger partial charge in [0, 0.05) is 55.5 Å². The van der Waals surface area contributed by atoms with E-state index in [-0.39, 0.29) is 18.6 Å². The van der Waals surface area contributed by atoms with E-state index in [4.69, 9.17) is 9.72 Å². The summed E-state index contributed by atoms with van der Waals surface area (Å²) < 4.78 is 22.3. The van der Waals surface area contributed by atoms with Crippen molar-refractivity contribution in [1.29, 1.82) is 5.26 Å². The number of pyridine rings is 1. The number of aromatic nitrogens is 4. The fraction of sp³-hybridized carbons (Fsp3) is 0.323. The maximum atomic E-state index is 15.3. The Morgan fingerprint density at radius 2 is 2.00 bits per heavy atom. The Morgan fingerprint density at radius 1 is 1.17 bits per heavy atom. The van der Waals surface area contributed by atoms with Crippen molar-refractivity contribution in [3.63, 3.8) is 0 Å². The summed E-state index contributed by atoms with van der Waals surface area (Å²) in [6.45, 7) is 3.09. The van der Waals surface area contributed by atoms with E-state index in [1.54, 1.807) is 41.1 Å². The van der Waals surface area contributed by atoms with E-state index in [9.17, 15) is 10.1 Å². The molecule has 1 N–H and O–H groups in total. The SMILES string of the molecule is CO[C@H](C)CNCc1cc(F)c2c(c1)C(=O)N(c1cc(-c3ccc(C#N)cc3-c3nncn3C)cc(C3CC3)n1)C2. The third kappa shape index (κ3) is 5.22. The van der Waals surface area contributed by atoms with Crippen molar-refractivity contribution in [2.24, 2.45) is 7.05 Å². The van der Waals surface area contributed by atoms with Crippen LogP contribution in [-0.2, 0) is 24.9 Å². The van der Waals surface area contributed by atoms with Gasteiger partial charge in [-0.25, -0.2) is 9.37 Å². The Bertz CT molecular complexity index is 1690. The fourth-order valence-electron chi connectivity index (χ4n) is 5.21. The van der Waals surface area contributed by atoms with Crippen LogP contribution < -0.4 is 10.2 Å². The minimum absolute atomic E-state index is 0.0238. The predicted molar refractivity (Wildman–Crippen MR) is 151 cm³/mol. The number of nitriles is 1. The Kier molecular flexibility index (Phi) is 7.07. The van der Waals surface area contributed by atoms with Gasteiger partial charge in [-0.1, -0.05) is 6.07 Å². The van der Waals surface area contributed by atoms with Gasteiger partial charge in [0.2, 0.25) is 0 Å². The van der Waals surface area contributed by atoms with Gasteiger partial charge in [0.05, 0.1) is 24.3 Å². The van der Waals surface area contributed by atoms with E-state index in [1.165, 1.54) is 6.07 Å². The van der Waals surface area contributed by atoms with E-state index in [0.29, 0.717) is 52.9 Å². The topological polar surface area (TPSA) is 109 Å². The fourth-order valence-corrected chi connectivity index (χ4v) is 5.21. The van der Waals surface area contributed by atoms with Crippen molar-refractivity contribution in [2.75, 3.05) is 18.6 Å². The zero-order chi connectivity index (χ0) is 28.7. The number of halogens is 1. The number of ether oxygens (including phenoxy) is 1. The molecule has 2 aromatic carbocycles. The summed E-state index contributed by atoms with van der Waals surface area (Å²) in [5, 5.41) is 21.1. The number of benzene rings is 2. The van der Waals surface area contributed by atoms with Crippen LogP contribution in [0.4, 0.5) is 10.2 Å². The first kappa shape index (κ1) is 26.7. The van der Waals surface area contributed by atoms with Crippen molar-refractivity contribution in [3.8, 4) is 28.6 Å². The number of hydrogen-bond donors (Lipinski definition) is 1. The highest BCUT2D eigenvalue weighted by Gasteiger charge is 2.34. The number of amides is 1. The van der Waals surface area contributed by atoms with Crippen LogP contribution in [0, 0.1) is 17.1 Å². The van der Waals surface area contributed by atoms with Gasteiger partial charge in [0.1, 0.15) is 18.0 Å². The molecule has 0 saturated heterocycles. The Balaban J connectivity index is 1.37. The number of carbonyl (C=O) groups is 1. The maximum Gasteiger partial charge on any atom is 0.260 e. The lowest BCUT2D eigenvalue weighted by molar-refractivity contribution is 0.0995. The summed E-state index contributed by atoms with van der Waals surface area (Å²) in [4.78, 5) is 20.1. The van der Waals surface area contributed by atoms with Crippen molar-refractivity contribution >= 4 is 11.7 Å². The predicted octanol–water partition coefficient (Wildman–Crippen LogP) is 4.72. The third-order valence-electron chi connectivity index (χ3n) is 7.73. The van der Waals surface area contributed by atoms with Crippen LogP contribution in [0.2, 0.25) is 0 Å². The molecule has 0 radical (unpaired) electrons. The van der Waals surface area contributed by atoms with E-state index in [2.05, 4.69) is 21.6 Å². The van der Waals surface area contributed by atoms with Crippen molar-refractivity contribution in [3.05, 3.63) is 82.6 Å². The number of nitrogens with zero attached hydrogens (tertiary/aromatic N) is 6. The molecule has 1 amide bonds. The average Bonchev–Trinajstić information content (AvgIpc) is 3.67. The first-order valence-electron chi connectivity index (χ1n) is 13.6. The normalized spacial score (nSPS) is 15.2. The minimum Gasteiger partial charge on any atom is -0.380 e. The van der Waals surface area contributed by atoms with Crippen LogP contribution in [-0.4, -0.2) is 45.4 Å². The smallest absolute Gasteiger partial charge is 0.260 e. The molecule has 0 unspecified atom stereocenters. The number of hydrogen-bond acceptors (Lipinski definition) is 7. The number of methoxy groups -OCH3 is 1. The number of anilines is 1. The molecule has 6 rings (SSSR count). The van der Waals surface area contributed by atoms with Crippen molar-refractivity contribution in [2.45, 2.75) is 44.9 Å². The van der Waals surface area contributed by atoms with Gasteiger partial charge in [-0.15, -0.1) is 10.2 Å². The Morgan fingerprint density at radius 3 is 2.71 bits per heavy atom. The van der Waals surface area contributed by atoms with E-state index in [0.717, 1.165) is 35.2 Å². The Hall–Kier alpha value is -4.46. The largest absolute Gasteiger partial charge is 0.380 e. The molecule has 1 saturated carbocycles. The van der Waals surface area contributed by atoms with E-state index in [1.807, 2.05) is 32.2 Å². The quantitative estimate of drug-likeness (QED) is 0.321. The molecule has 208 valence electrons. The lowest BCUT2D eigenvalue weighted by Crippen LogP contribution is -2.26. The molecule has 9 nitrogen and oxygen atoms in total. The molecule has 1 atom stereocenters. The molecule has 2 aromatic heterocycles. The summed E-state index contributed by atoms with van der Waals surface area (Å²) in [7, 11) is 3.49. The van der Waals surface area contributed by atoms with E-state index < -0.39 is 5.82 Å². The van der Waals surface area contributed by atoms with Crippen LogP contribution in [0.3, 0.4) is 0 Å². The number of rotatable bonds is 9. The zero-order valence-corrected chi connectivity index (χ0v) is 23.2. The molecule has 1 aliphatic heterocycles. The van der Waals surface area contributed by atoms with Gasteiger partial charge in [-0.2, -0.15) is 5.26 Å². The molecule has 1 fully saturated rings. The summed E-state index contributed by atoms with van der Waals surface area (Å²) in [5.41, 5.74) is 5.29. The zero-order valence-electron chi connectivity index (χ0n) is 23.2. The summed E-state index contributed by atoms with van der Waals surface area (Å²) in [6, 6.07) is 14.8. The molecular weight excluding hydrogens is 521 g/mol. The van der Waals surface area contributed by atoms with Crippen molar-refractivity contribution < 1.29 is 13.9 Å². The number of carbonyl (C=O) groups excluding carboxylic acids is 1. The molecule has 10 heteroatoms. The van der Waals surface area contributed by atoms with Gasteiger partial charge in [0.15, 0.2) is 5.82 Å². The highest BCUT2D eigenvalue weighted by atomic mass is 19.1. The number of nitrogens with one attached hydrogen (secondary N) is 1. The Labute approximate surface area is 237 Å². The average molecular weight is 552 g/mol. The van der Waals surface area contributed by atoms with E-state index >= 15 is 4.39 Å². The highest BCUT2D eigenvalue weighted by molar-refractivity contribution is 6.10. The van der Waals surface area contributed by atoms with Crippen molar-refractivity contribution in [1.82, 2.24) is 25.1 Å². The molecule has 2 aliphatic rings. The number of aryl methyl sites for hydroxylation is 1. The van der Waals surface area contributed by atoms with Crippen LogP contribution >= 0.6 is 0 Å². The maximum absolute atomic E-state index is 15.3. The first-order chi connectivity index (χ1) is 19.9. The molecule has 1 aliphatic carbocycles. The van der Waals surface area contributed by atoms with Crippen LogP contribution in [0.25, 0.3) is 22.5 Å². The van der Waals surface area contributed by atoms with Gasteiger partial charge < -0.3 is 14.6 Å². The standard InChI is InChI=1S/C31H30FN7O2/c1-18(41-3)14-34-15-20-9-25-26(27(32)10-20)16-39(31(25)40)29-12-22(11-28(36-29)21-5-6-21)23-7-4-19(13-33)8-24(23)30-37-35-17-38(30)2/h4,7-12,17-18,21,34H,5-6,14-16H2,1-3H3/t18-/m1/s1.